The highest BCUT2D eigenvalue weighted by molar-refractivity contribution is 5.61. The normalized spacial score (nSPS) is 37.3. The number of benzene rings is 1. The standard InChI is InChI=1S/C13H16FN/c1-8-9(2)13(8)6-7-15-12-10(13)4-3-5-11(12)14/h3-5,8-9,15H,6-7H2,1-2H3. The SMILES string of the molecule is CC1C(C)C12CCNc1c(F)cccc12. The van der Waals surface area contributed by atoms with Gasteiger partial charge in [-0.2, -0.15) is 0 Å². The Morgan fingerprint density at radius 1 is 1.33 bits per heavy atom. The average molecular weight is 205 g/mol. The van der Waals surface area contributed by atoms with E-state index in [-0.39, 0.29) is 11.2 Å². The van der Waals surface area contributed by atoms with E-state index >= 15 is 0 Å². The molecule has 2 heteroatoms. The van der Waals surface area contributed by atoms with Crippen molar-refractivity contribution in [3.8, 4) is 0 Å². The first-order chi connectivity index (χ1) is 7.18. The Kier molecular flexibility index (Phi) is 1.68. The van der Waals surface area contributed by atoms with E-state index in [1.807, 2.05) is 6.07 Å². The summed E-state index contributed by atoms with van der Waals surface area (Å²) in [5, 5.41) is 3.19. The van der Waals surface area contributed by atoms with E-state index in [0.29, 0.717) is 11.8 Å². The summed E-state index contributed by atoms with van der Waals surface area (Å²) in [5.74, 6) is 1.29. The Hall–Kier alpha value is -1.05. The number of fused-ring (bicyclic) bond motifs is 2. The molecular formula is C13H16FN. The van der Waals surface area contributed by atoms with Crippen LogP contribution in [0.1, 0.15) is 25.8 Å². The van der Waals surface area contributed by atoms with E-state index in [4.69, 9.17) is 0 Å². The molecule has 0 amide bonds. The van der Waals surface area contributed by atoms with Gasteiger partial charge in [0.25, 0.3) is 0 Å². The minimum absolute atomic E-state index is 0.0992. The molecule has 80 valence electrons. The maximum Gasteiger partial charge on any atom is 0.146 e. The van der Waals surface area contributed by atoms with Gasteiger partial charge >= 0.3 is 0 Å². The maximum absolute atomic E-state index is 13.6. The lowest BCUT2D eigenvalue weighted by molar-refractivity contribution is 0.539. The van der Waals surface area contributed by atoms with Crippen LogP contribution in [0.15, 0.2) is 18.2 Å². The smallest absolute Gasteiger partial charge is 0.146 e. The number of hydrogen-bond acceptors (Lipinski definition) is 1. The fourth-order valence-electron chi connectivity index (χ4n) is 3.43. The van der Waals surface area contributed by atoms with Gasteiger partial charge in [-0.25, -0.2) is 4.39 Å². The molecule has 2 unspecified atom stereocenters. The second kappa shape index (κ2) is 2.75. The third kappa shape index (κ3) is 0.973. The summed E-state index contributed by atoms with van der Waals surface area (Å²) in [6.07, 6.45) is 1.14. The van der Waals surface area contributed by atoms with Gasteiger partial charge in [0.1, 0.15) is 5.82 Å². The molecule has 1 aromatic rings. The summed E-state index contributed by atoms with van der Waals surface area (Å²) >= 11 is 0. The van der Waals surface area contributed by atoms with Crippen molar-refractivity contribution in [2.24, 2.45) is 11.8 Å². The molecule has 0 saturated heterocycles. The highest BCUT2D eigenvalue weighted by Crippen LogP contribution is 2.64. The molecule has 15 heavy (non-hydrogen) atoms. The van der Waals surface area contributed by atoms with E-state index < -0.39 is 0 Å². The van der Waals surface area contributed by atoms with Gasteiger partial charge in [0, 0.05) is 12.0 Å². The van der Waals surface area contributed by atoms with E-state index in [1.165, 1.54) is 5.56 Å². The molecule has 2 atom stereocenters. The second-order valence-electron chi connectivity index (χ2n) is 4.96. The van der Waals surface area contributed by atoms with Crippen LogP contribution in [0.3, 0.4) is 0 Å². The van der Waals surface area contributed by atoms with Crippen LogP contribution in [0, 0.1) is 17.7 Å². The van der Waals surface area contributed by atoms with Crippen molar-refractivity contribution in [1.29, 1.82) is 0 Å². The maximum atomic E-state index is 13.6. The number of para-hydroxylation sites is 1. The fraction of sp³-hybridized carbons (Fsp3) is 0.538. The molecule has 0 aromatic heterocycles. The lowest BCUT2D eigenvalue weighted by Crippen LogP contribution is -2.25. The lowest BCUT2D eigenvalue weighted by Gasteiger charge is -2.28. The number of hydrogen-bond donors (Lipinski definition) is 1. The van der Waals surface area contributed by atoms with Crippen molar-refractivity contribution in [2.45, 2.75) is 25.7 Å². The number of anilines is 1. The van der Waals surface area contributed by atoms with Gasteiger partial charge in [0.05, 0.1) is 5.69 Å². The van der Waals surface area contributed by atoms with E-state index in [9.17, 15) is 4.39 Å². The van der Waals surface area contributed by atoms with Gasteiger partial charge in [-0.15, -0.1) is 0 Å². The van der Waals surface area contributed by atoms with Crippen molar-refractivity contribution in [1.82, 2.24) is 0 Å². The van der Waals surface area contributed by atoms with Crippen molar-refractivity contribution in [3.05, 3.63) is 29.6 Å². The van der Waals surface area contributed by atoms with Gasteiger partial charge in [-0.1, -0.05) is 26.0 Å². The number of nitrogens with one attached hydrogen (secondary N) is 1. The number of halogens is 1. The Labute approximate surface area is 89.7 Å². The highest BCUT2D eigenvalue weighted by Gasteiger charge is 2.61. The van der Waals surface area contributed by atoms with Gasteiger partial charge in [-0.05, 0) is 29.9 Å². The fourth-order valence-corrected chi connectivity index (χ4v) is 3.43. The van der Waals surface area contributed by atoms with Crippen molar-refractivity contribution < 1.29 is 4.39 Å². The Morgan fingerprint density at radius 2 is 2.07 bits per heavy atom. The molecule has 2 aliphatic rings. The van der Waals surface area contributed by atoms with Crippen LogP contribution in [-0.4, -0.2) is 6.54 Å². The van der Waals surface area contributed by atoms with Gasteiger partial charge < -0.3 is 5.32 Å². The monoisotopic (exact) mass is 205 g/mol. The van der Waals surface area contributed by atoms with Crippen LogP contribution in [0.5, 0.6) is 0 Å². The van der Waals surface area contributed by atoms with Crippen molar-refractivity contribution >= 4 is 5.69 Å². The first-order valence-corrected chi connectivity index (χ1v) is 5.71. The molecule has 1 nitrogen and oxygen atoms in total. The molecule has 3 rings (SSSR count). The molecule has 1 spiro atoms. The summed E-state index contributed by atoms with van der Waals surface area (Å²) in [7, 11) is 0. The summed E-state index contributed by atoms with van der Waals surface area (Å²) < 4.78 is 13.6. The minimum atomic E-state index is -0.0992. The molecule has 1 fully saturated rings. The molecule has 0 radical (unpaired) electrons. The Balaban J connectivity index is 2.17. The van der Waals surface area contributed by atoms with E-state index in [1.54, 1.807) is 6.07 Å². The van der Waals surface area contributed by atoms with Crippen LogP contribution in [0.2, 0.25) is 0 Å². The molecule has 1 aliphatic carbocycles. The molecular weight excluding hydrogens is 189 g/mol. The quantitative estimate of drug-likeness (QED) is 0.686. The van der Waals surface area contributed by atoms with Gasteiger partial charge in [-0.3, -0.25) is 0 Å². The van der Waals surface area contributed by atoms with Crippen LogP contribution in [0.25, 0.3) is 0 Å². The summed E-state index contributed by atoms with van der Waals surface area (Å²) in [6, 6.07) is 5.47. The topological polar surface area (TPSA) is 12.0 Å². The lowest BCUT2D eigenvalue weighted by atomic mass is 9.84. The summed E-state index contributed by atoms with van der Waals surface area (Å²) in [6.45, 7) is 5.47. The molecule has 1 aromatic carbocycles. The molecule has 1 heterocycles. The third-order valence-corrected chi connectivity index (χ3v) is 4.62. The Morgan fingerprint density at radius 3 is 2.73 bits per heavy atom. The Bertz CT molecular complexity index is 405. The zero-order valence-corrected chi connectivity index (χ0v) is 9.18. The third-order valence-electron chi connectivity index (χ3n) is 4.62. The van der Waals surface area contributed by atoms with Crippen LogP contribution in [-0.2, 0) is 5.41 Å². The van der Waals surface area contributed by atoms with Gasteiger partial charge in [0.15, 0.2) is 0 Å². The highest BCUT2D eigenvalue weighted by atomic mass is 19.1. The van der Waals surface area contributed by atoms with Crippen molar-refractivity contribution in [3.63, 3.8) is 0 Å². The molecule has 1 saturated carbocycles. The second-order valence-corrected chi connectivity index (χ2v) is 4.96. The van der Waals surface area contributed by atoms with Crippen LogP contribution < -0.4 is 5.32 Å². The van der Waals surface area contributed by atoms with Crippen molar-refractivity contribution in [2.75, 3.05) is 11.9 Å². The minimum Gasteiger partial charge on any atom is -0.382 e. The summed E-state index contributed by atoms with van der Waals surface area (Å²) in [5.41, 5.74) is 2.22. The average Bonchev–Trinajstić information content (AvgIpc) is 2.74. The zero-order valence-electron chi connectivity index (χ0n) is 9.18. The summed E-state index contributed by atoms with van der Waals surface area (Å²) in [4.78, 5) is 0. The van der Waals surface area contributed by atoms with Gasteiger partial charge in [0.2, 0.25) is 0 Å². The van der Waals surface area contributed by atoms with E-state index in [2.05, 4.69) is 25.2 Å². The number of rotatable bonds is 0. The zero-order chi connectivity index (χ0) is 10.6. The van der Waals surface area contributed by atoms with E-state index in [0.717, 1.165) is 18.7 Å². The first kappa shape index (κ1) is 9.20. The van der Waals surface area contributed by atoms with Crippen LogP contribution >= 0.6 is 0 Å². The largest absolute Gasteiger partial charge is 0.382 e. The molecule has 0 bridgehead atoms. The first-order valence-electron chi connectivity index (χ1n) is 5.71. The predicted octanol–water partition coefficient (Wildman–Crippen LogP) is 3.16. The molecule has 1 N–H and O–H groups in total. The predicted molar refractivity (Wildman–Crippen MR) is 59.5 cm³/mol. The van der Waals surface area contributed by atoms with Crippen LogP contribution in [0.4, 0.5) is 10.1 Å². The molecule has 1 aliphatic heterocycles.